The Balaban J connectivity index is 2.00. The minimum Gasteiger partial charge on any atom is -0.326 e. The molecule has 0 spiro atoms. The zero-order valence-electron chi connectivity index (χ0n) is 9.77. The highest BCUT2D eigenvalue weighted by atomic mass is 32.1. The van der Waals surface area contributed by atoms with E-state index in [4.69, 9.17) is 5.73 Å². The van der Waals surface area contributed by atoms with Crippen molar-refractivity contribution in [3.63, 3.8) is 0 Å². The van der Waals surface area contributed by atoms with Crippen LogP contribution in [0.1, 0.15) is 10.4 Å². The molecule has 2 N–H and O–H groups in total. The number of nitrogens with zero attached hydrogens (tertiary/aromatic N) is 2. The molecule has 1 aromatic heterocycles. The number of carbonyl (C=O) groups is 1. The first kappa shape index (κ1) is 12.0. The molecular weight excluding hydrogens is 234 g/mol. The number of amides is 2. The average molecular weight is 249 g/mol. The number of hydrogen-bond acceptors (Lipinski definition) is 3. The minimum atomic E-state index is 0.105. The van der Waals surface area contributed by atoms with Crippen molar-refractivity contribution < 1.29 is 4.79 Å². The normalized spacial score (nSPS) is 15.1. The van der Waals surface area contributed by atoms with Crippen LogP contribution in [0.2, 0.25) is 0 Å². The lowest BCUT2D eigenvalue weighted by Crippen LogP contribution is -2.28. The molecular formula is C12H15N3OS. The van der Waals surface area contributed by atoms with Gasteiger partial charge < -0.3 is 15.5 Å². The van der Waals surface area contributed by atoms with Gasteiger partial charge in [0.05, 0.1) is 13.1 Å². The van der Waals surface area contributed by atoms with E-state index in [0.29, 0.717) is 13.1 Å². The fraction of sp³-hybridized carbons (Fsp3) is 0.417. The van der Waals surface area contributed by atoms with Crippen molar-refractivity contribution in [2.24, 2.45) is 5.73 Å². The number of thiophene rings is 1. The van der Waals surface area contributed by atoms with Crippen LogP contribution in [0.3, 0.4) is 0 Å². The van der Waals surface area contributed by atoms with E-state index >= 15 is 0 Å². The fourth-order valence-corrected chi connectivity index (χ4v) is 2.55. The van der Waals surface area contributed by atoms with Crippen LogP contribution in [0.15, 0.2) is 11.4 Å². The minimum absolute atomic E-state index is 0.105. The van der Waals surface area contributed by atoms with Crippen LogP contribution >= 0.6 is 11.3 Å². The van der Waals surface area contributed by atoms with E-state index in [9.17, 15) is 4.79 Å². The van der Waals surface area contributed by atoms with Crippen molar-refractivity contribution >= 4 is 17.4 Å². The molecule has 1 fully saturated rings. The Kier molecular flexibility index (Phi) is 3.67. The second-order valence-corrected chi connectivity index (χ2v) is 4.93. The first-order valence-corrected chi connectivity index (χ1v) is 6.35. The quantitative estimate of drug-likeness (QED) is 0.793. The SMILES string of the molecule is CN1CCN(Cc2cc(C#CCN)cs2)C1=O. The van der Waals surface area contributed by atoms with Crippen LogP contribution in [-0.2, 0) is 6.54 Å². The molecule has 4 nitrogen and oxygen atoms in total. The topological polar surface area (TPSA) is 49.6 Å². The Morgan fingerprint density at radius 2 is 2.35 bits per heavy atom. The smallest absolute Gasteiger partial charge is 0.320 e. The molecule has 0 bridgehead atoms. The van der Waals surface area contributed by atoms with Crippen molar-refractivity contribution in [1.82, 2.24) is 9.80 Å². The monoisotopic (exact) mass is 249 g/mol. The molecule has 2 rings (SSSR count). The lowest BCUT2D eigenvalue weighted by molar-refractivity contribution is 0.197. The van der Waals surface area contributed by atoms with E-state index in [1.165, 1.54) is 0 Å². The highest BCUT2D eigenvalue weighted by molar-refractivity contribution is 7.10. The second-order valence-electron chi connectivity index (χ2n) is 3.93. The van der Waals surface area contributed by atoms with Gasteiger partial charge in [0.2, 0.25) is 0 Å². The van der Waals surface area contributed by atoms with Gasteiger partial charge in [0, 0.05) is 36.0 Å². The Morgan fingerprint density at radius 1 is 1.53 bits per heavy atom. The Labute approximate surface area is 105 Å². The van der Waals surface area contributed by atoms with Crippen molar-refractivity contribution in [3.8, 4) is 11.8 Å². The number of hydrogen-bond donors (Lipinski definition) is 1. The van der Waals surface area contributed by atoms with E-state index in [2.05, 4.69) is 11.8 Å². The number of carbonyl (C=O) groups excluding carboxylic acids is 1. The first-order chi connectivity index (χ1) is 8.20. The van der Waals surface area contributed by atoms with Crippen molar-refractivity contribution in [3.05, 3.63) is 21.9 Å². The molecule has 2 amide bonds. The van der Waals surface area contributed by atoms with E-state index in [0.717, 1.165) is 23.5 Å². The summed E-state index contributed by atoms with van der Waals surface area (Å²) < 4.78 is 0. The van der Waals surface area contributed by atoms with Gasteiger partial charge in [-0.3, -0.25) is 0 Å². The molecule has 90 valence electrons. The second kappa shape index (κ2) is 5.21. The lowest BCUT2D eigenvalue weighted by Gasteiger charge is -2.14. The predicted molar refractivity (Wildman–Crippen MR) is 68.7 cm³/mol. The summed E-state index contributed by atoms with van der Waals surface area (Å²) in [6.07, 6.45) is 0. The van der Waals surface area contributed by atoms with Gasteiger partial charge in [0.25, 0.3) is 0 Å². The largest absolute Gasteiger partial charge is 0.326 e. The predicted octanol–water partition coefficient (Wildman–Crippen LogP) is 0.926. The molecule has 0 saturated carbocycles. The zero-order chi connectivity index (χ0) is 12.3. The summed E-state index contributed by atoms with van der Waals surface area (Å²) in [4.78, 5) is 16.5. The van der Waals surface area contributed by atoms with Gasteiger partial charge in [-0.1, -0.05) is 11.8 Å². The first-order valence-electron chi connectivity index (χ1n) is 5.47. The van der Waals surface area contributed by atoms with Crippen LogP contribution in [0.4, 0.5) is 4.79 Å². The van der Waals surface area contributed by atoms with E-state index in [1.807, 2.05) is 23.4 Å². The summed E-state index contributed by atoms with van der Waals surface area (Å²) >= 11 is 1.63. The van der Waals surface area contributed by atoms with Crippen LogP contribution in [0.25, 0.3) is 0 Å². The molecule has 2 heterocycles. The van der Waals surface area contributed by atoms with Crippen LogP contribution in [0.5, 0.6) is 0 Å². The van der Waals surface area contributed by atoms with Crippen LogP contribution < -0.4 is 5.73 Å². The Bertz CT molecular complexity index is 472. The number of nitrogens with two attached hydrogens (primary N) is 1. The summed E-state index contributed by atoms with van der Waals surface area (Å²) in [6.45, 7) is 2.67. The van der Waals surface area contributed by atoms with Crippen LogP contribution in [-0.4, -0.2) is 42.5 Å². The Hall–Kier alpha value is -1.51. The lowest BCUT2D eigenvalue weighted by atomic mass is 10.3. The average Bonchev–Trinajstić information content (AvgIpc) is 2.89. The molecule has 5 heteroatoms. The van der Waals surface area contributed by atoms with Gasteiger partial charge in [-0.15, -0.1) is 11.3 Å². The van der Waals surface area contributed by atoms with E-state index in [-0.39, 0.29) is 6.03 Å². The fourth-order valence-electron chi connectivity index (χ4n) is 1.72. The maximum Gasteiger partial charge on any atom is 0.320 e. The number of rotatable bonds is 2. The van der Waals surface area contributed by atoms with Gasteiger partial charge in [0.15, 0.2) is 0 Å². The highest BCUT2D eigenvalue weighted by Gasteiger charge is 2.25. The summed E-state index contributed by atoms with van der Waals surface area (Å²) in [7, 11) is 1.83. The molecule has 0 atom stereocenters. The van der Waals surface area contributed by atoms with Gasteiger partial charge in [0.1, 0.15) is 0 Å². The Morgan fingerprint density at radius 3 is 3.00 bits per heavy atom. The summed E-state index contributed by atoms with van der Waals surface area (Å²) in [5, 5.41) is 2.00. The third kappa shape index (κ3) is 2.78. The molecule has 0 radical (unpaired) electrons. The van der Waals surface area contributed by atoms with Crippen LogP contribution in [0, 0.1) is 11.8 Å². The molecule has 1 saturated heterocycles. The standard InChI is InChI=1S/C12H15N3OS/c1-14-5-6-15(12(14)16)8-11-7-10(9-17-11)3-2-4-13/h7,9H,4-6,8,13H2,1H3. The number of urea groups is 1. The molecule has 1 aromatic rings. The summed E-state index contributed by atoms with van der Waals surface area (Å²) in [5.74, 6) is 5.81. The maximum atomic E-state index is 11.7. The van der Waals surface area contributed by atoms with Crippen molar-refractivity contribution in [2.75, 3.05) is 26.7 Å². The third-order valence-electron chi connectivity index (χ3n) is 2.64. The maximum absolute atomic E-state index is 11.7. The van der Waals surface area contributed by atoms with Gasteiger partial charge in [-0.05, 0) is 6.07 Å². The molecule has 0 aliphatic carbocycles. The molecule has 17 heavy (non-hydrogen) atoms. The van der Waals surface area contributed by atoms with Gasteiger partial charge in [-0.2, -0.15) is 0 Å². The molecule has 0 unspecified atom stereocenters. The molecule has 1 aliphatic heterocycles. The van der Waals surface area contributed by atoms with Crippen molar-refractivity contribution in [1.29, 1.82) is 0 Å². The molecule has 0 aromatic carbocycles. The molecule has 1 aliphatic rings. The van der Waals surface area contributed by atoms with E-state index in [1.54, 1.807) is 16.2 Å². The number of likely N-dealkylation sites (N-methyl/N-ethyl adjacent to an activating group) is 1. The van der Waals surface area contributed by atoms with Gasteiger partial charge in [-0.25, -0.2) is 4.79 Å². The summed E-state index contributed by atoms with van der Waals surface area (Å²) in [6, 6.07) is 2.13. The highest BCUT2D eigenvalue weighted by Crippen LogP contribution is 2.18. The van der Waals surface area contributed by atoms with Gasteiger partial charge >= 0.3 is 6.03 Å². The van der Waals surface area contributed by atoms with E-state index < -0.39 is 0 Å². The van der Waals surface area contributed by atoms with Crippen molar-refractivity contribution in [2.45, 2.75) is 6.54 Å². The summed E-state index contributed by atoms with van der Waals surface area (Å²) in [5.41, 5.74) is 6.30. The zero-order valence-corrected chi connectivity index (χ0v) is 10.6. The third-order valence-corrected chi connectivity index (χ3v) is 3.56.